The van der Waals surface area contributed by atoms with E-state index < -0.39 is 11.6 Å². The van der Waals surface area contributed by atoms with Crippen LogP contribution in [0.1, 0.15) is 5.82 Å². The van der Waals surface area contributed by atoms with Crippen LogP contribution in [0.3, 0.4) is 0 Å². The van der Waals surface area contributed by atoms with Gasteiger partial charge >= 0.3 is 0 Å². The second kappa shape index (κ2) is 3.58. The van der Waals surface area contributed by atoms with Crippen molar-refractivity contribution >= 4 is 11.6 Å². The van der Waals surface area contributed by atoms with E-state index in [2.05, 4.69) is 10.2 Å². The van der Waals surface area contributed by atoms with Crippen molar-refractivity contribution in [2.75, 3.05) is 0 Å². The summed E-state index contributed by atoms with van der Waals surface area (Å²) in [5, 5.41) is 7.21. The lowest BCUT2D eigenvalue weighted by Gasteiger charge is -2.06. The van der Waals surface area contributed by atoms with Gasteiger partial charge in [-0.2, -0.15) is 0 Å². The number of hydrogen-bond donors (Lipinski definition) is 0. The Balaban J connectivity index is 2.68. The third-order valence-electron chi connectivity index (χ3n) is 1.93. The predicted octanol–water partition coefficient (Wildman–Crippen LogP) is 2.51. The van der Waals surface area contributed by atoms with Crippen molar-refractivity contribution in [1.82, 2.24) is 14.8 Å². The lowest BCUT2D eigenvalue weighted by molar-refractivity contribution is 0.591. The molecule has 1 aromatic heterocycles. The first-order valence-corrected chi connectivity index (χ1v) is 4.50. The number of aryl methyl sites for hydroxylation is 1. The van der Waals surface area contributed by atoms with E-state index in [1.165, 1.54) is 4.57 Å². The molecule has 1 heterocycles. The molecule has 0 aliphatic carbocycles. The molecule has 0 fully saturated rings. The summed E-state index contributed by atoms with van der Waals surface area (Å²) in [5.41, 5.74) is 0.00231. The highest BCUT2D eigenvalue weighted by atomic mass is 35.5. The van der Waals surface area contributed by atoms with E-state index in [1.54, 1.807) is 6.92 Å². The summed E-state index contributed by atoms with van der Waals surface area (Å²) in [6, 6.07) is 3.10. The van der Waals surface area contributed by atoms with E-state index in [0.717, 1.165) is 18.2 Å². The van der Waals surface area contributed by atoms with Crippen molar-refractivity contribution in [1.29, 1.82) is 0 Å². The summed E-state index contributed by atoms with van der Waals surface area (Å²) in [6.45, 7) is 1.60. The van der Waals surface area contributed by atoms with Gasteiger partial charge in [-0.15, -0.1) is 10.2 Å². The van der Waals surface area contributed by atoms with Gasteiger partial charge in [0, 0.05) is 6.07 Å². The molecule has 0 unspecified atom stereocenters. The molecule has 0 saturated heterocycles. The molecule has 0 spiro atoms. The van der Waals surface area contributed by atoms with Gasteiger partial charge in [0.25, 0.3) is 0 Å². The number of rotatable bonds is 1. The lowest BCUT2D eigenvalue weighted by atomic mass is 10.3. The summed E-state index contributed by atoms with van der Waals surface area (Å²) in [5.74, 6) is -0.735. The molecular weight excluding hydrogens is 224 g/mol. The van der Waals surface area contributed by atoms with E-state index in [9.17, 15) is 8.78 Å². The standard InChI is InChI=1S/C9H6ClF2N3/c1-5-13-14-9(10)15(5)8-4-6(11)2-3-7(8)12/h2-4H,1H3. The van der Waals surface area contributed by atoms with E-state index >= 15 is 0 Å². The molecule has 0 aliphatic heterocycles. The molecule has 0 atom stereocenters. The average molecular weight is 230 g/mol. The summed E-state index contributed by atoms with van der Waals surface area (Å²) >= 11 is 5.70. The summed E-state index contributed by atoms with van der Waals surface area (Å²) in [7, 11) is 0. The molecule has 0 amide bonds. The quantitative estimate of drug-likeness (QED) is 0.752. The summed E-state index contributed by atoms with van der Waals surface area (Å²) < 4.78 is 27.6. The van der Waals surface area contributed by atoms with Gasteiger partial charge in [0.2, 0.25) is 5.28 Å². The predicted molar refractivity (Wildman–Crippen MR) is 51.0 cm³/mol. The summed E-state index contributed by atoms with van der Waals surface area (Å²) in [6.07, 6.45) is 0. The largest absolute Gasteiger partial charge is 0.267 e. The fourth-order valence-corrected chi connectivity index (χ4v) is 1.52. The van der Waals surface area contributed by atoms with Crippen molar-refractivity contribution in [3.05, 3.63) is 40.9 Å². The first kappa shape index (κ1) is 10.0. The van der Waals surface area contributed by atoms with Crippen LogP contribution in [0.4, 0.5) is 8.78 Å². The first-order valence-electron chi connectivity index (χ1n) is 4.12. The minimum atomic E-state index is -0.582. The van der Waals surface area contributed by atoms with E-state index in [4.69, 9.17) is 11.6 Å². The van der Waals surface area contributed by atoms with Crippen LogP contribution in [0.5, 0.6) is 0 Å². The van der Waals surface area contributed by atoms with Crippen LogP contribution in [-0.2, 0) is 0 Å². The molecule has 6 heteroatoms. The number of aromatic nitrogens is 3. The highest BCUT2D eigenvalue weighted by Gasteiger charge is 2.13. The molecule has 15 heavy (non-hydrogen) atoms. The van der Waals surface area contributed by atoms with Gasteiger partial charge in [0.1, 0.15) is 17.5 Å². The number of hydrogen-bond acceptors (Lipinski definition) is 2. The van der Waals surface area contributed by atoms with Crippen LogP contribution in [0.2, 0.25) is 5.28 Å². The molecular formula is C9H6ClF2N3. The van der Waals surface area contributed by atoms with Crippen molar-refractivity contribution in [2.45, 2.75) is 6.92 Å². The molecule has 2 aromatic rings. The van der Waals surface area contributed by atoms with Gasteiger partial charge in [-0.3, -0.25) is 4.57 Å². The fourth-order valence-electron chi connectivity index (χ4n) is 1.27. The van der Waals surface area contributed by atoms with E-state index in [0.29, 0.717) is 5.82 Å². The fraction of sp³-hybridized carbons (Fsp3) is 0.111. The highest BCUT2D eigenvalue weighted by molar-refractivity contribution is 6.28. The highest BCUT2D eigenvalue weighted by Crippen LogP contribution is 2.20. The third-order valence-corrected chi connectivity index (χ3v) is 2.18. The van der Waals surface area contributed by atoms with Crippen molar-refractivity contribution < 1.29 is 8.78 Å². The maximum Gasteiger partial charge on any atom is 0.229 e. The van der Waals surface area contributed by atoms with Crippen LogP contribution >= 0.6 is 11.6 Å². The molecule has 3 nitrogen and oxygen atoms in total. The zero-order valence-electron chi connectivity index (χ0n) is 7.71. The van der Waals surface area contributed by atoms with Crippen molar-refractivity contribution in [3.8, 4) is 5.69 Å². The lowest BCUT2D eigenvalue weighted by Crippen LogP contribution is -2.01. The normalized spacial score (nSPS) is 10.7. The van der Waals surface area contributed by atoms with Gasteiger partial charge in [0.15, 0.2) is 0 Å². The van der Waals surface area contributed by atoms with Crippen LogP contribution in [0.15, 0.2) is 18.2 Å². The molecule has 1 aromatic carbocycles. The number of nitrogens with zero attached hydrogens (tertiary/aromatic N) is 3. The molecule has 78 valence electrons. The Bertz CT molecular complexity index is 491. The smallest absolute Gasteiger partial charge is 0.229 e. The molecule has 0 bridgehead atoms. The van der Waals surface area contributed by atoms with Gasteiger partial charge in [-0.1, -0.05) is 0 Å². The van der Waals surface area contributed by atoms with Crippen LogP contribution < -0.4 is 0 Å². The van der Waals surface area contributed by atoms with Gasteiger partial charge in [0.05, 0.1) is 5.69 Å². The first-order chi connectivity index (χ1) is 7.09. The Kier molecular flexibility index (Phi) is 2.40. The maximum atomic E-state index is 13.4. The number of halogens is 3. The molecule has 0 saturated carbocycles. The molecule has 0 N–H and O–H groups in total. The summed E-state index contributed by atoms with van der Waals surface area (Å²) in [4.78, 5) is 0. The van der Waals surface area contributed by atoms with Gasteiger partial charge in [-0.25, -0.2) is 8.78 Å². The van der Waals surface area contributed by atoms with Gasteiger partial charge in [-0.05, 0) is 30.7 Å². The second-order valence-corrected chi connectivity index (χ2v) is 3.29. The Hall–Kier alpha value is -1.49. The van der Waals surface area contributed by atoms with Crippen LogP contribution in [0.25, 0.3) is 5.69 Å². The van der Waals surface area contributed by atoms with Crippen molar-refractivity contribution in [3.63, 3.8) is 0 Å². The Labute approximate surface area is 89.3 Å². The minimum Gasteiger partial charge on any atom is -0.267 e. The average Bonchev–Trinajstić information content (AvgIpc) is 2.51. The molecule has 2 rings (SSSR count). The van der Waals surface area contributed by atoms with E-state index in [-0.39, 0.29) is 11.0 Å². The maximum absolute atomic E-state index is 13.4. The van der Waals surface area contributed by atoms with Gasteiger partial charge < -0.3 is 0 Å². The van der Waals surface area contributed by atoms with Crippen LogP contribution in [-0.4, -0.2) is 14.8 Å². The third kappa shape index (κ3) is 1.70. The zero-order chi connectivity index (χ0) is 11.0. The molecule has 0 aliphatic rings. The topological polar surface area (TPSA) is 30.7 Å². The van der Waals surface area contributed by atoms with Crippen LogP contribution in [0, 0.1) is 18.6 Å². The van der Waals surface area contributed by atoms with E-state index in [1.807, 2.05) is 0 Å². The SMILES string of the molecule is Cc1nnc(Cl)n1-c1cc(F)ccc1F. The Morgan fingerprint density at radius 1 is 1.27 bits per heavy atom. The Morgan fingerprint density at radius 2 is 2.00 bits per heavy atom. The molecule has 0 radical (unpaired) electrons. The zero-order valence-corrected chi connectivity index (χ0v) is 8.46. The monoisotopic (exact) mass is 229 g/mol. The number of benzene rings is 1. The Morgan fingerprint density at radius 3 is 2.60 bits per heavy atom. The van der Waals surface area contributed by atoms with Crippen molar-refractivity contribution in [2.24, 2.45) is 0 Å². The second-order valence-electron chi connectivity index (χ2n) is 2.95. The minimum absolute atomic E-state index is 0.00231.